The number of rotatable bonds is 6. The molecule has 0 spiro atoms. The summed E-state index contributed by atoms with van der Waals surface area (Å²) in [5.41, 5.74) is 1.13. The highest BCUT2D eigenvalue weighted by Gasteiger charge is 2.37. The second-order valence-electron chi connectivity index (χ2n) is 5.22. The number of carbonyl (C=O) groups is 1. The van der Waals surface area contributed by atoms with E-state index in [1.807, 2.05) is 30.3 Å². The van der Waals surface area contributed by atoms with E-state index in [0.29, 0.717) is 6.54 Å². The summed E-state index contributed by atoms with van der Waals surface area (Å²) in [4.78, 5) is 22.4. The average molecular weight is 404 g/mol. The van der Waals surface area contributed by atoms with Crippen molar-refractivity contribution in [3.8, 4) is 0 Å². The van der Waals surface area contributed by atoms with E-state index in [1.165, 1.54) is 24.3 Å². The molecule has 0 aliphatic heterocycles. The topological polar surface area (TPSA) is 88.8 Å². The maximum absolute atomic E-state index is 12.3. The normalized spacial score (nSPS) is 12.4. The highest BCUT2D eigenvalue weighted by Crippen LogP contribution is 2.27. The Hall–Kier alpha value is -1.86. The van der Waals surface area contributed by atoms with E-state index < -0.39 is 20.8 Å². The molecule has 1 amide bonds. The standard InChI is InChI=1S/C16H14Cl3N3O3/c17-16(18,19)15(20-10-11-4-2-1-3-5-11)21-14(23)12-6-8-13(9-7-12)22(24)25/h1-9,15,20H,10H2,(H,21,23)/p+1/t15-/m1/s1. The lowest BCUT2D eigenvalue weighted by atomic mass is 10.2. The van der Waals surface area contributed by atoms with Crippen molar-refractivity contribution >= 4 is 46.4 Å². The van der Waals surface area contributed by atoms with Crippen molar-refractivity contribution in [1.29, 1.82) is 0 Å². The Kier molecular flexibility index (Phi) is 6.61. The number of nitro benzene ring substituents is 1. The maximum Gasteiger partial charge on any atom is 0.269 e. The number of nitrogens with one attached hydrogen (secondary N) is 1. The van der Waals surface area contributed by atoms with Crippen LogP contribution in [-0.2, 0) is 6.54 Å². The highest BCUT2D eigenvalue weighted by molar-refractivity contribution is 6.68. The molecule has 6 nitrogen and oxygen atoms in total. The second kappa shape index (κ2) is 8.49. The number of halogens is 3. The number of hydrogen-bond acceptors (Lipinski definition) is 3. The lowest BCUT2D eigenvalue weighted by Gasteiger charge is -2.23. The fourth-order valence-electron chi connectivity index (χ4n) is 2.10. The number of carbonyl (C=O) groups excluding carboxylic acids is 1. The van der Waals surface area contributed by atoms with Crippen molar-refractivity contribution in [2.24, 2.45) is 0 Å². The van der Waals surface area contributed by atoms with Gasteiger partial charge in [0.1, 0.15) is 6.54 Å². The Morgan fingerprint density at radius 1 is 1.12 bits per heavy atom. The summed E-state index contributed by atoms with van der Waals surface area (Å²) in [6, 6.07) is 14.7. The molecule has 0 saturated heterocycles. The van der Waals surface area contributed by atoms with Gasteiger partial charge in [-0.2, -0.15) is 0 Å². The van der Waals surface area contributed by atoms with Crippen LogP contribution in [-0.4, -0.2) is 20.8 Å². The minimum absolute atomic E-state index is 0.106. The summed E-state index contributed by atoms with van der Waals surface area (Å²) in [7, 11) is 0. The number of amides is 1. The van der Waals surface area contributed by atoms with Crippen LogP contribution < -0.4 is 10.6 Å². The fourth-order valence-corrected chi connectivity index (χ4v) is 2.53. The Balaban J connectivity index is 2.05. The molecule has 2 rings (SSSR count). The smallest absolute Gasteiger partial charge is 0.269 e. The van der Waals surface area contributed by atoms with Gasteiger partial charge in [-0.25, -0.2) is 0 Å². The first-order valence-electron chi connectivity index (χ1n) is 7.26. The lowest BCUT2D eigenvalue weighted by Crippen LogP contribution is -2.95. The number of hydrogen-bond donors (Lipinski definition) is 2. The molecule has 0 saturated carbocycles. The largest absolute Gasteiger partial charge is 0.319 e. The summed E-state index contributed by atoms with van der Waals surface area (Å²) in [6.45, 7) is 0.500. The first-order chi connectivity index (χ1) is 11.8. The molecule has 0 aliphatic carbocycles. The van der Waals surface area contributed by atoms with E-state index in [2.05, 4.69) is 5.32 Å². The summed E-state index contributed by atoms with van der Waals surface area (Å²) in [5, 5.41) is 15.0. The van der Waals surface area contributed by atoms with Gasteiger partial charge in [0.15, 0.2) is 0 Å². The zero-order valence-corrected chi connectivity index (χ0v) is 15.1. The van der Waals surface area contributed by atoms with Gasteiger partial charge in [-0.3, -0.25) is 20.2 Å². The summed E-state index contributed by atoms with van der Waals surface area (Å²) in [6.07, 6.45) is -0.833. The lowest BCUT2D eigenvalue weighted by molar-refractivity contribution is -0.706. The van der Waals surface area contributed by atoms with E-state index in [0.717, 1.165) is 5.56 Å². The predicted octanol–water partition coefficient (Wildman–Crippen LogP) is 2.78. The van der Waals surface area contributed by atoms with Crippen LogP contribution in [0.2, 0.25) is 0 Å². The van der Waals surface area contributed by atoms with Gasteiger partial charge in [-0.1, -0.05) is 65.1 Å². The van der Waals surface area contributed by atoms with Crippen molar-refractivity contribution < 1.29 is 15.0 Å². The molecule has 0 bridgehead atoms. The Labute approximate surface area is 159 Å². The predicted molar refractivity (Wildman–Crippen MR) is 96.7 cm³/mol. The van der Waals surface area contributed by atoms with Crippen LogP contribution in [0.1, 0.15) is 15.9 Å². The number of nitrogens with zero attached hydrogens (tertiary/aromatic N) is 1. The van der Waals surface area contributed by atoms with Crippen LogP contribution in [0.4, 0.5) is 5.69 Å². The van der Waals surface area contributed by atoms with Crippen molar-refractivity contribution in [2.75, 3.05) is 0 Å². The first-order valence-corrected chi connectivity index (χ1v) is 8.40. The summed E-state index contributed by atoms with van der Waals surface area (Å²) < 4.78 is -1.73. The van der Waals surface area contributed by atoms with E-state index in [9.17, 15) is 14.9 Å². The van der Waals surface area contributed by atoms with Gasteiger partial charge in [-0.15, -0.1) is 0 Å². The zero-order chi connectivity index (χ0) is 18.4. The molecule has 2 aromatic carbocycles. The van der Waals surface area contributed by atoms with Crippen molar-refractivity contribution in [2.45, 2.75) is 16.5 Å². The van der Waals surface area contributed by atoms with Crippen LogP contribution in [0.25, 0.3) is 0 Å². The minimum atomic E-state index is -1.73. The zero-order valence-electron chi connectivity index (χ0n) is 12.9. The molecule has 2 aromatic rings. The second-order valence-corrected chi connectivity index (χ2v) is 7.59. The molecule has 1 atom stereocenters. The van der Waals surface area contributed by atoms with Gasteiger partial charge in [-0.05, 0) is 12.1 Å². The molecular weight excluding hydrogens is 389 g/mol. The van der Waals surface area contributed by atoms with Crippen LogP contribution in [0.5, 0.6) is 0 Å². The molecule has 0 unspecified atom stereocenters. The van der Waals surface area contributed by atoms with Gasteiger partial charge in [0.05, 0.1) is 4.92 Å². The molecule has 9 heteroatoms. The molecule has 0 aliphatic rings. The molecule has 25 heavy (non-hydrogen) atoms. The maximum atomic E-state index is 12.3. The number of non-ortho nitro benzene ring substituents is 1. The van der Waals surface area contributed by atoms with Crippen molar-refractivity contribution in [1.82, 2.24) is 5.32 Å². The van der Waals surface area contributed by atoms with Gasteiger partial charge >= 0.3 is 0 Å². The van der Waals surface area contributed by atoms with Crippen molar-refractivity contribution in [3.63, 3.8) is 0 Å². The molecule has 3 N–H and O–H groups in total. The van der Waals surface area contributed by atoms with Gasteiger partial charge in [0.25, 0.3) is 15.4 Å². The quantitative estimate of drug-likeness (QED) is 0.336. The molecular formula is C16H15Cl3N3O3+. The van der Waals surface area contributed by atoms with E-state index in [-0.39, 0.29) is 11.3 Å². The van der Waals surface area contributed by atoms with Crippen LogP contribution in [0, 0.1) is 10.1 Å². The van der Waals surface area contributed by atoms with Crippen molar-refractivity contribution in [3.05, 3.63) is 75.8 Å². The fraction of sp³-hybridized carbons (Fsp3) is 0.188. The number of benzene rings is 2. The number of quaternary nitrogens is 1. The van der Waals surface area contributed by atoms with Gasteiger partial charge < -0.3 is 5.32 Å². The third-order valence-corrected chi connectivity index (χ3v) is 4.12. The van der Waals surface area contributed by atoms with E-state index in [4.69, 9.17) is 34.8 Å². The number of nitrogens with two attached hydrogens (primary N) is 1. The van der Waals surface area contributed by atoms with E-state index >= 15 is 0 Å². The van der Waals surface area contributed by atoms with Crippen LogP contribution in [0.3, 0.4) is 0 Å². The minimum Gasteiger partial charge on any atom is -0.319 e. The third kappa shape index (κ3) is 5.86. The van der Waals surface area contributed by atoms with Gasteiger partial charge in [0, 0.05) is 23.3 Å². The molecule has 0 aromatic heterocycles. The molecule has 132 valence electrons. The Morgan fingerprint density at radius 3 is 2.24 bits per heavy atom. The Morgan fingerprint density at radius 2 is 1.72 bits per heavy atom. The monoisotopic (exact) mass is 402 g/mol. The molecule has 0 fully saturated rings. The Bertz CT molecular complexity index is 734. The summed E-state index contributed by atoms with van der Waals surface area (Å²) >= 11 is 17.9. The number of alkyl halides is 3. The first kappa shape index (κ1) is 19.5. The molecule has 0 radical (unpaired) electrons. The highest BCUT2D eigenvalue weighted by atomic mass is 35.6. The third-order valence-electron chi connectivity index (χ3n) is 3.41. The molecule has 0 heterocycles. The SMILES string of the molecule is O=C(N[C@@H]([NH2+]Cc1ccccc1)C(Cl)(Cl)Cl)c1ccc([N+](=O)[O-])cc1. The average Bonchev–Trinajstić information content (AvgIpc) is 2.58. The van der Waals surface area contributed by atoms with E-state index in [1.54, 1.807) is 5.32 Å². The summed E-state index contributed by atoms with van der Waals surface area (Å²) in [5.74, 6) is -0.490. The number of nitro groups is 1. The van der Waals surface area contributed by atoms with Gasteiger partial charge in [0.2, 0.25) is 6.17 Å². The van der Waals surface area contributed by atoms with Crippen LogP contribution in [0.15, 0.2) is 54.6 Å². The van der Waals surface area contributed by atoms with Crippen LogP contribution >= 0.6 is 34.8 Å².